The Labute approximate surface area is 174 Å². The number of aryl methyl sites for hydroxylation is 1. The SMILES string of the molecule is CCCOC(=O)c1c(NC(=O)[C@H]2[C@H](C(=O)[O-])[C@@H]3C=C[C@@H]2C3)sc2c1CCCCC2. The summed E-state index contributed by atoms with van der Waals surface area (Å²) in [6, 6.07) is 0. The molecule has 0 spiro atoms. The van der Waals surface area contributed by atoms with E-state index in [2.05, 4.69) is 5.32 Å². The molecule has 3 aliphatic carbocycles. The van der Waals surface area contributed by atoms with E-state index < -0.39 is 23.8 Å². The molecule has 156 valence electrons. The molecule has 0 unspecified atom stereocenters. The molecular weight excluding hydrogens is 390 g/mol. The van der Waals surface area contributed by atoms with Gasteiger partial charge in [0.15, 0.2) is 0 Å². The number of carboxylic acids is 1. The van der Waals surface area contributed by atoms with Crippen LogP contribution in [-0.4, -0.2) is 24.5 Å². The Bertz CT molecular complexity index is 858. The van der Waals surface area contributed by atoms with Crippen LogP contribution in [0.15, 0.2) is 12.2 Å². The van der Waals surface area contributed by atoms with E-state index in [1.807, 2.05) is 19.1 Å². The number of carboxylic acid groups (broad SMARTS) is 1. The highest BCUT2D eigenvalue weighted by molar-refractivity contribution is 7.17. The zero-order valence-electron chi connectivity index (χ0n) is 16.6. The van der Waals surface area contributed by atoms with Gasteiger partial charge < -0.3 is 20.0 Å². The normalized spacial score (nSPS) is 27.3. The second-order valence-electron chi connectivity index (χ2n) is 8.21. The molecule has 2 bridgehead atoms. The predicted molar refractivity (Wildman–Crippen MR) is 108 cm³/mol. The Balaban J connectivity index is 1.62. The van der Waals surface area contributed by atoms with Crippen LogP contribution in [0, 0.1) is 23.7 Å². The molecule has 4 rings (SSSR count). The van der Waals surface area contributed by atoms with Crippen LogP contribution < -0.4 is 10.4 Å². The highest BCUT2D eigenvalue weighted by Crippen LogP contribution is 2.48. The van der Waals surface area contributed by atoms with E-state index in [-0.39, 0.29) is 17.7 Å². The molecule has 1 N–H and O–H groups in total. The zero-order valence-corrected chi connectivity index (χ0v) is 17.4. The smallest absolute Gasteiger partial charge is 0.341 e. The fourth-order valence-corrected chi connectivity index (χ4v) is 6.29. The molecule has 1 heterocycles. The lowest BCUT2D eigenvalue weighted by Gasteiger charge is -2.27. The molecule has 1 aromatic heterocycles. The van der Waals surface area contributed by atoms with Crippen molar-refractivity contribution in [2.24, 2.45) is 23.7 Å². The molecule has 1 saturated carbocycles. The second-order valence-corrected chi connectivity index (χ2v) is 9.32. The molecular formula is C22H26NO5S-. The summed E-state index contributed by atoms with van der Waals surface area (Å²) < 4.78 is 5.40. The highest BCUT2D eigenvalue weighted by Gasteiger charge is 2.49. The Morgan fingerprint density at radius 2 is 1.86 bits per heavy atom. The largest absolute Gasteiger partial charge is 0.550 e. The summed E-state index contributed by atoms with van der Waals surface area (Å²) in [6.07, 6.45) is 10.1. The van der Waals surface area contributed by atoms with E-state index in [0.717, 1.165) is 49.0 Å². The maximum Gasteiger partial charge on any atom is 0.341 e. The number of thiophene rings is 1. The lowest BCUT2D eigenvalue weighted by molar-refractivity contribution is -0.313. The van der Waals surface area contributed by atoms with E-state index >= 15 is 0 Å². The van der Waals surface area contributed by atoms with Crippen LogP contribution in [0.5, 0.6) is 0 Å². The van der Waals surface area contributed by atoms with Crippen molar-refractivity contribution >= 4 is 34.2 Å². The number of carbonyl (C=O) groups is 3. The minimum Gasteiger partial charge on any atom is -0.550 e. The van der Waals surface area contributed by atoms with Crippen molar-refractivity contribution in [3.05, 3.63) is 28.2 Å². The monoisotopic (exact) mass is 416 g/mol. The Morgan fingerprint density at radius 3 is 2.59 bits per heavy atom. The van der Waals surface area contributed by atoms with Crippen LogP contribution in [0.25, 0.3) is 0 Å². The van der Waals surface area contributed by atoms with Gasteiger partial charge in [0.05, 0.1) is 18.1 Å². The summed E-state index contributed by atoms with van der Waals surface area (Å²) in [6.45, 7) is 2.27. The van der Waals surface area contributed by atoms with Crippen molar-refractivity contribution in [1.82, 2.24) is 0 Å². The van der Waals surface area contributed by atoms with Gasteiger partial charge in [-0.3, -0.25) is 4.79 Å². The van der Waals surface area contributed by atoms with Gasteiger partial charge in [-0.15, -0.1) is 11.3 Å². The predicted octanol–water partition coefficient (Wildman–Crippen LogP) is 2.71. The van der Waals surface area contributed by atoms with Crippen molar-refractivity contribution in [2.45, 2.75) is 51.9 Å². The number of carbonyl (C=O) groups excluding carboxylic acids is 3. The first-order valence-electron chi connectivity index (χ1n) is 10.5. The van der Waals surface area contributed by atoms with Gasteiger partial charge in [0.25, 0.3) is 0 Å². The van der Waals surface area contributed by atoms with E-state index in [9.17, 15) is 19.5 Å². The van der Waals surface area contributed by atoms with Crippen molar-refractivity contribution in [1.29, 1.82) is 0 Å². The van der Waals surface area contributed by atoms with Crippen molar-refractivity contribution in [3.63, 3.8) is 0 Å². The number of fused-ring (bicyclic) bond motifs is 3. The van der Waals surface area contributed by atoms with Gasteiger partial charge >= 0.3 is 5.97 Å². The molecule has 3 aliphatic rings. The van der Waals surface area contributed by atoms with E-state index in [1.54, 1.807) is 0 Å². The summed E-state index contributed by atoms with van der Waals surface area (Å²) in [5, 5.41) is 15.1. The minimum absolute atomic E-state index is 0.0869. The number of rotatable bonds is 6. The number of allylic oxidation sites excluding steroid dienone is 2. The molecule has 0 aliphatic heterocycles. The van der Waals surface area contributed by atoms with Crippen molar-refractivity contribution < 1.29 is 24.2 Å². The van der Waals surface area contributed by atoms with Gasteiger partial charge in [0.1, 0.15) is 5.00 Å². The molecule has 4 atom stereocenters. The number of anilines is 1. The first-order valence-corrected chi connectivity index (χ1v) is 11.3. The number of aliphatic carboxylic acids is 1. The van der Waals surface area contributed by atoms with Crippen LogP contribution in [0.3, 0.4) is 0 Å². The summed E-state index contributed by atoms with van der Waals surface area (Å²) in [5.74, 6) is -3.60. The van der Waals surface area contributed by atoms with E-state index in [0.29, 0.717) is 23.6 Å². The van der Waals surface area contributed by atoms with Gasteiger partial charge in [-0.1, -0.05) is 25.5 Å². The van der Waals surface area contributed by atoms with Crippen LogP contribution in [-0.2, 0) is 27.2 Å². The summed E-state index contributed by atoms with van der Waals surface area (Å²) >= 11 is 1.44. The molecule has 0 radical (unpaired) electrons. The minimum atomic E-state index is -1.17. The molecule has 7 heteroatoms. The molecule has 29 heavy (non-hydrogen) atoms. The van der Waals surface area contributed by atoms with Crippen LogP contribution in [0.1, 0.15) is 59.8 Å². The second kappa shape index (κ2) is 8.30. The molecule has 0 aromatic carbocycles. The topological polar surface area (TPSA) is 95.5 Å². The average Bonchev–Trinajstić information content (AvgIpc) is 3.35. The summed E-state index contributed by atoms with van der Waals surface area (Å²) in [7, 11) is 0. The standard InChI is InChI=1S/C22H27NO5S/c1-2-10-28-22(27)18-14-6-4-3-5-7-15(14)29-20(18)23-19(24)16-12-8-9-13(11-12)17(16)21(25)26/h8-9,12-13,16-17H,2-7,10-11H2,1H3,(H,23,24)(H,25,26)/p-1/t12-,13-,16-,17-/m1/s1. The fourth-order valence-electron chi connectivity index (χ4n) is 5.01. The van der Waals surface area contributed by atoms with Gasteiger partial charge in [0.2, 0.25) is 5.91 Å². The Kier molecular flexibility index (Phi) is 5.76. The number of nitrogens with one attached hydrogen (secondary N) is 1. The number of esters is 1. The number of ether oxygens (including phenoxy) is 1. The van der Waals surface area contributed by atoms with Crippen molar-refractivity contribution in [2.75, 3.05) is 11.9 Å². The third kappa shape index (κ3) is 3.72. The summed E-state index contributed by atoms with van der Waals surface area (Å²) in [4.78, 5) is 38.7. The number of amides is 1. The highest BCUT2D eigenvalue weighted by atomic mass is 32.1. The fraction of sp³-hybridized carbons (Fsp3) is 0.591. The molecule has 0 saturated heterocycles. The van der Waals surface area contributed by atoms with E-state index in [1.165, 1.54) is 11.3 Å². The van der Waals surface area contributed by atoms with Gasteiger partial charge in [0, 0.05) is 16.8 Å². The van der Waals surface area contributed by atoms with Crippen LogP contribution >= 0.6 is 11.3 Å². The molecule has 1 fully saturated rings. The van der Waals surface area contributed by atoms with Crippen LogP contribution in [0.4, 0.5) is 5.00 Å². The van der Waals surface area contributed by atoms with E-state index in [4.69, 9.17) is 4.74 Å². The van der Waals surface area contributed by atoms with Crippen molar-refractivity contribution in [3.8, 4) is 0 Å². The Hall–Kier alpha value is -2.15. The quantitative estimate of drug-likeness (QED) is 0.437. The average molecular weight is 417 g/mol. The summed E-state index contributed by atoms with van der Waals surface area (Å²) in [5.41, 5.74) is 1.46. The zero-order chi connectivity index (χ0) is 20.5. The van der Waals surface area contributed by atoms with Gasteiger partial charge in [-0.05, 0) is 55.9 Å². The number of hydrogen-bond acceptors (Lipinski definition) is 6. The van der Waals surface area contributed by atoms with Gasteiger partial charge in [-0.25, -0.2) is 4.79 Å². The Morgan fingerprint density at radius 1 is 1.14 bits per heavy atom. The third-order valence-electron chi connectivity index (χ3n) is 6.33. The van der Waals surface area contributed by atoms with Gasteiger partial charge in [-0.2, -0.15) is 0 Å². The third-order valence-corrected chi connectivity index (χ3v) is 7.54. The molecule has 6 nitrogen and oxygen atoms in total. The first-order chi connectivity index (χ1) is 14.0. The maximum atomic E-state index is 13.1. The first kappa shape index (κ1) is 20.1. The lowest BCUT2D eigenvalue weighted by atomic mass is 9.82. The van der Waals surface area contributed by atoms with Crippen LogP contribution in [0.2, 0.25) is 0 Å². The maximum absolute atomic E-state index is 13.1. The number of hydrogen-bond donors (Lipinski definition) is 1. The lowest BCUT2D eigenvalue weighted by Crippen LogP contribution is -2.42. The molecule has 1 aromatic rings. The molecule has 1 amide bonds.